The molecule has 1 N–H and O–H groups in total. The number of carboxylic acid groups (broad SMARTS) is 1. The SMILES string of the molecule is CC1(F)CC=CC=C1Cn1nc(-c2ncc(F)c(N3CCC(OCC(=O)O)CC3)n2)cc1-c1ccon1. The van der Waals surface area contributed by atoms with Crippen LogP contribution in [0, 0.1) is 5.82 Å². The summed E-state index contributed by atoms with van der Waals surface area (Å²) in [5.74, 6) is -1.25. The second kappa shape index (κ2) is 10.2. The van der Waals surface area contributed by atoms with Crippen molar-refractivity contribution in [1.29, 1.82) is 0 Å². The summed E-state index contributed by atoms with van der Waals surface area (Å²) in [7, 11) is 0. The van der Waals surface area contributed by atoms with Crippen LogP contribution in [0.25, 0.3) is 22.9 Å². The second-order valence-corrected chi connectivity index (χ2v) is 9.24. The predicted molar refractivity (Wildman–Crippen MR) is 129 cm³/mol. The van der Waals surface area contributed by atoms with Gasteiger partial charge in [0.2, 0.25) is 0 Å². The first-order valence-corrected chi connectivity index (χ1v) is 11.9. The van der Waals surface area contributed by atoms with E-state index in [1.807, 2.05) is 6.08 Å². The topological polar surface area (TPSA) is 119 Å². The fourth-order valence-electron chi connectivity index (χ4n) is 4.48. The number of alkyl halides is 1. The van der Waals surface area contributed by atoms with Gasteiger partial charge in [-0.3, -0.25) is 4.68 Å². The molecule has 1 unspecified atom stereocenters. The zero-order chi connectivity index (χ0) is 26.0. The molecule has 0 saturated carbocycles. The Morgan fingerprint density at radius 3 is 2.84 bits per heavy atom. The highest BCUT2D eigenvalue weighted by molar-refractivity contribution is 5.68. The third kappa shape index (κ3) is 5.43. The molecule has 1 fully saturated rings. The van der Waals surface area contributed by atoms with Gasteiger partial charge in [0.05, 0.1) is 24.5 Å². The van der Waals surface area contributed by atoms with E-state index in [4.69, 9.17) is 14.4 Å². The van der Waals surface area contributed by atoms with E-state index in [0.29, 0.717) is 48.6 Å². The summed E-state index contributed by atoms with van der Waals surface area (Å²) in [5.41, 5.74) is 0.523. The summed E-state index contributed by atoms with van der Waals surface area (Å²) in [6.07, 6.45) is 9.04. The summed E-state index contributed by atoms with van der Waals surface area (Å²) in [4.78, 5) is 21.1. The van der Waals surface area contributed by atoms with Crippen LogP contribution >= 0.6 is 0 Å². The van der Waals surface area contributed by atoms with E-state index in [0.717, 1.165) is 6.20 Å². The van der Waals surface area contributed by atoms with Crippen LogP contribution in [0.1, 0.15) is 26.2 Å². The lowest BCUT2D eigenvalue weighted by Gasteiger charge is -2.32. The molecule has 1 atom stereocenters. The van der Waals surface area contributed by atoms with E-state index in [9.17, 15) is 9.18 Å². The molecule has 0 amide bonds. The first-order valence-electron chi connectivity index (χ1n) is 11.9. The molecule has 0 radical (unpaired) electrons. The predicted octanol–water partition coefficient (Wildman–Crippen LogP) is 3.82. The minimum absolute atomic E-state index is 0.135. The Labute approximate surface area is 211 Å². The number of anilines is 1. The zero-order valence-corrected chi connectivity index (χ0v) is 20.2. The zero-order valence-electron chi connectivity index (χ0n) is 20.2. The van der Waals surface area contributed by atoms with Crippen LogP contribution in [0.2, 0.25) is 0 Å². The summed E-state index contributed by atoms with van der Waals surface area (Å²) < 4.78 is 41.9. The minimum atomic E-state index is -1.51. The first-order chi connectivity index (χ1) is 17.8. The van der Waals surface area contributed by atoms with E-state index < -0.39 is 17.5 Å². The second-order valence-electron chi connectivity index (χ2n) is 9.24. The highest BCUT2D eigenvalue weighted by atomic mass is 19.1. The highest BCUT2D eigenvalue weighted by Crippen LogP contribution is 2.33. The van der Waals surface area contributed by atoms with E-state index in [1.165, 1.54) is 13.2 Å². The quantitative estimate of drug-likeness (QED) is 0.480. The minimum Gasteiger partial charge on any atom is -0.480 e. The average Bonchev–Trinajstić information content (AvgIpc) is 3.55. The van der Waals surface area contributed by atoms with E-state index in [1.54, 1.807) is 33.9 Å². The molecule has 1 aliphatic heterocycles. The molecular weight excluding hydrogens is 486 g/mol. The summed E-state index contributed by atoms with van der Waals surface area (Å²) in [6.45, 7) is 2.26. The van der Waals surface area contributed by atoms with Crippen LogP contribution < -0.4 is 4.90 Å². The van der Waals surface area contributed by atoms with Gasteiger partial charge in [0, 0.05) is 25.6 Å². The Hall–Kier alpha value is -3.93. The molecule has 3 aromatic heterocycles. The molecule has 3 aromatic rings. The highest BCUT2D eigenvalue weighted by Gasteiger charge is 2.30. The summed E-state index contributed by atoms with van der Waals surface area (Å²) in [5, 5.41) is 17.4. The lowest BCUT2D eigenvalue weighted by molar-refractivity contribution is -0.144. The molecule has 12 heteroatoms. The van der Waals surface area contributed by atoms with Gasteiger partial charge in [-0.1, -0.05) is 23.4 Å². The maximum Gasteiger partial charge on any atom is 0.329 e. The third-order valence-corrected chi connectivity index (χ3v) is 6.54. The van der Waals surface area contributed by atoms with Crippen molar-refractivity contribution >= 4 is 11.8 Å². The maximum absolute atomic E-state index is 15.1. The Kier molecular flexibility index (Phi) is 6.83. The smallest absolute Gasteiger partial charge is 0.329 e. The Morgan fingerprint density at radius 2 is 2.14 bits per heavy atom. The monoisotopic (exact) mass is 512 g/mol. The Morgan fingerprint density at radius 1 is 1.32 bits per heavy atom. The van der Waals surface area contributed by atoms with Gasteiger partial charge in [0.1, 0.15) is 29.9 Å². The van der Waals surface area contributed by atoms with Crippen molar-refractivity contribution in [2.24, 2.45) is 0 Å². The molecule has 0 spiro atoms. The molecule has 194 valence electrons. The fraction of sp³-hybridized carbons (Fsp3) is 0.400. The molecule has 10 nitrogen and oxygen atoms in total. The standard InChI is InChI=1S/C25H26F2N6O4/c1-25(27)8-3-2-4-16(25)14-33-21(19-7-11-37-31-19)12-20(30-33)23-28-13-18(26)24(29-23)32-9-5-17(6-10-32)36-15-22(34)35/h2-4,7,11-13,17H,5-6,8-10,14-15H2,1H3,(H,34,35). The van der Waals surface area contributed by atoms with Crippen LogP contribution in [0.4, 0.5) is 14.6 Å². The van der Waals surface area contributed by atoms with Gasteiger partial charge in [-0.2, -0.15) is 5.10 Å². The van der Waals surface area contributed by atoms with Gasteiger partial charge in [-0.15, -0.1) is 0 Å². The van der Waals surface area contributed by atoms with Gasteiger partial charge in [-0.05, 0) is 31.4 Å². The molecule has 2 aliphatic rings. The number of rotatable bonds is 8. The molecule has 0 aromatic carbocycles. The molecule has 1 saturated heterocycles. The van der Waals surface area contributed by atoms with Crippen molar-refractivity contribution in [2.75, 3.05) is 24.6 Å². The number of nitrogens with zero attached hydrogens (tertiary/aromatic N) is 6. The van der Waals surface area contributed by atoms with Gasteiger partial charge in [0.25, 0.3) is 0 Å². The van der Waals surface area contributed by atoms with Crippen LogP contribution in [0.5, 0.6) is 0 Å². The number of carboxylic acids is 1. The molecule has 5 rings (SSSR count). The van der Waals surface area contributed by atoms with Crippen LogP contribution in [0.3, 0.4) is 0 Å². The Bertz CT molecular complexity index is 1330. The van der Waals surface area contributed by atoms with Crippen molar-refractivity contribution in [2.45, 2.75) is 44.5 Å². The van der Waals surface area contributed by atoms with Gasteiger partial charge in [0.15, 0.2) is 17.5 Å². The first kappa shape index (κ1) is 24.8. The van der Waals surface area contributed by atoms with Crippen molar-refractivity contribution in [1.82, 2.24) is 24.9 Å². The molecule has 0 bridgehead atoms. The average molecular weight is 513 g/mol. The number of allylic oxidation sites excluding steroid dienone is 4. The number of hydrogen-bond acceptors (Lipinski definition) is 8. The van der Waals surface area contributed by atoms with Crippen LogP contribution in [0.15, 0.2) is 52.9 Å². The lowest BCUT2D eigenvalue weighted by atomic mass is 9.90. The van der Waals surface area contributed by atoms with Crippen molar-refractivity contribution in [3.05, 3.63) is 54.2 Å². The van der Waals surface area contributed by atoms with Crippen LogP contribution in [-0.4, -0.2) is 67.5 Å². The number of aromatic nitrogens is 5. The number of halogens is 2. The number of hydrogen-bond donors (Lipinski definition) is 1. The number of ether oxygens (including phenoxy) is 1. The number of piperidine rings is 1. The number of carbonyl (C=O) groups is 1. The Balaban J connectivity index is 1.41. The van der Waals surface area contributed by atoms with Crippen molar-refractivity contribution in [3.63, 3.8) is 0 Å². The van der Waals surface area contributed by atoms with Crippen molar-refractivity contribution in [3.8, 4) is 22.9 Å². The maximum atomic E-state index is 15.1. The third-order valence-electron chi connectivity index (χ3n) is 6.54. The van der Waals surface area contributed by atoms with Crippen LogP contribution in [-0.2, 0) is 16.1 Å². The van der Waals surface area contributed by atoms with Gasteiger partial charge >= 0.3 is 5.97 Å². The summed E-state index contributed by atoms with van der Waals surface area (Å²) in [6, 6.07) is 3.39. The van der Waals surface area contributed by atoms with E-state index >= 15 is 4.39 Å². The molecule has 1 aliphatic carbocycles. The largest absolute Gasteiger partial charge is 0.480 e. The summed E-state index contributed by atoms with van der Waals surface area (Å²) >= 11 is 0. The fourth-order valence-corrected chi connectivity index (χ4v) is 4.48. The molecule has 37 heavy (non-hydrogen) atoms. The normalized spacial score (nSPS) is 20.3. The van der Waals surface area contributed by atoms with E-state index in [-0.39, 0.29) is 37.3 Å². The number of aliphatic carboxylic acids is 1. The lowest BCUT2D eigenvalue weighted by Crippen LogP contribution is -2.38. The van der Waals surface area contributed by atoms with E-state index in [2.05, 4.69) is 20.2 Å². The van der Waals surface area contributed by atoms with Gasteiger partial charge < -0.3 is 19.3 Å². The van der Waals surface area contributed by atoms with Crippen molar-refractivity contribution < 1.29 is 27.9 Å². The van der Waals surface area contributed by atoms with Gasteiger partial charge in [-0.25, -0.2) is 23.5 Å². The molecule has 4 heterocycles. The molecular formula is C25H26F2N6O4.